The van der Waals surface area contributed by atoms with Crippen molar-refractivity contribution in [3.8, 4) is 5.75 Å². The van der Waals surface area contributed by atoms with Crippen LogP contribution in [0.5, 0.6) is 5.75 Å². The van der Waals surface area contributed by atoms with Crippen molar-refractivity contribution in [2.75, 3.05) is 11.9 Å². The Bertz CT molecular complexity index is 676. The molecule has 1 aliphatic rings. The fourth-order valence-corrected chi connectivity index (χ4v) is 2.91. The molecule has 1 aliphatic heterocycles. The van der Waals surface area contributed by atoms with Gasteiger partial charge in [-0.25, -0.2) is 0 Å². The van der Waals surface area contributed by atoms with Gasteiger partial charge in [0.05, 0.1) is 5.54 Å². The van der Waals surface area contributed by atoms with E-state index in [2.05, 4.69) is 10.6 Å². The number of hydrogen-bond acceptors (Lipinski definition) is 3. The molecule has 1 atom stereocenters. The minimum absolute atomic E-state index is 0.0157. The molecule has 3 rings (SSSR count). The smallest absolute Gasteiger partial charge is 0.244 e. The van der Waals surface area contributed by atoms with Crippen molar-refractivity contribution in [2.45, 2.75) is 31.7 Å². The van der Waals surface area contributed by atoms with Crippen LogP contribution >= 0.6 is 0 Å². The zero-order valence-electron chi connectivity index (χ0n) is 12.1. The molecule has 0 aromatic heterocycles. The minimum Gasteiger partial charge on any atom is -0.507 e. The molecule has 0 radical (unpaired) electrons. The van der Waals surface area contributed by atoms with Crippen molar-refractivity contribution in [3.05, 3.63) is 36.4 Å². The van der Waals surface area contributed by atoms with Gasteiger partial charge < -0.3 is 15.7 Å². The Morgan fingerprint density at radius 3 is 2.71 bits per heavy atom. The first kappa shape index (κ1) is 13.9. The lowest BCUT2D eigenvalue weighted by Crippen LogP contribution is -2.54. The van der Waals surface area contributed by atoms with Gasteiger partial charge >= 0.3 is 0 Å². The molecule has 4 heteroatoms. The number of phenols is 1. The third-order valence-electron chi connectivity index (χ3n) is 4.27. The van der Waals surface area contributed by atoms with E-state index < -0.39 is 5.54 Å². The predicted molar refractivity (Wildman–Crippen MR) is 84.5 cm³/mol. The topological polar surface area (TPSA) is 61.4 Å². The lowest BCUT2D eigenvalue weighted by Gasteiger charge is -2.33. The summed E-state index contributed by atoms with van der Waals surface area (Å²) in [6.07, 6.45) is 3.02. The van der Waals surface area contributed by atoms with Crippen LogP contribution in [-0.4, -0.2) is 23.1 Å². The largest absolute Gasteiger partial charge is 0.507 e. The van der Waals surface area contributed by atoms with E-state index in [-0.39, 0.29) is 11.7 Å². The second-order valence-electron chi connectivity index (χ2n) is 5.85. The summed E-state index contributed by atoms with van der Waals surface area (Å²) in [5.41, 5.74) is 0.221. The third-order valence-corrected chi connectivity index (χ3v) is 4.27. The second kappa shape index (κ2) is 5.37. The number of amides is 1. The lowest BCUT2D eigenvalue weighted by molar-refractivity contribution is -0.122. The zero-order chi connectivity index (χ0) is 14.9. The van der Waals surface area contributed by atoms with Crippen LogP contribution in [0, 0.1) is 0 Å². The molecule has 1 unspecified atom stereocenters. The molecule has 1 saturated heterocycles. The van der Waals surface area contributed by atoms with Crippen LogP contribution in [0.25, 0.3) is 10.8 Å². The van der Waals surface area contributed by atoms with E-state index in [4.69, 9.17) is 0 Å². The molecule has 21 heavy (non-hydrogen) atoms. The summed E-state index contributed by atoms with van der Waals surface area (Å²) in [6.45, 7) is 2.82. The summed E-state index contributed by atoms with van der Waals surface area (Å²) in [6, 6.07) is 10.9. The average molecular weight is 284 g/mol. The van der Waals surface area contributed by atoms with Gasteiger partial charge in [-0.1, -0.05) is 24.3 Å². The molecule has 110 valence electrons. The van der Waals surface area contributed by atoms with Gasteiger partial charge in [0, 0.05) is 16.5 Å². The van der Waals surface area contributed by atoms with Crippen LogP contribution in [-0.2, 0) is 4.79 Å². The number of hydrogen-bond donors (Lipinski definition) is 3. The van der Waals surface area contributed by atoms with Crippen LogP contribution in [0.1, 0.15) is 26.2 Å². The number of carbonyl (C=O) groups is 1. The Kier molecular flexibility index (Phi) is 3.55. The average Bonchev–Trinajstić information content (AvgIpc) is 2.49. The van der Waals surface area contributed by atoms with Crippen LogP contribution < -0.4 is 10.6 Å². The summed E-state index contributed by atoms with van der Waals surface area (Å²) in [4.78, 5) is 12.6. The highest BCUT2D eigenvalue weighted by Crippen LogP contribution is 2.30. The summed E-state index contributed by atoms with van der Waals surface area (Å²) in [5, 5.41) is 17.8. The van der Waals surface area contributed by atoms with Crippen molar-refractivity contribution < 1.29 is 9.90 Å². The third kappa shape index (κ3) is 2.59. The van der Waals surface area contributed by atoms with Crippen molar-refractivity contribution in [1.82, 2.24) is 5.32 Å². The number of aromatic hydroxyl groups is 1. The van der Waals surface area contributed by atoms with Gasteiger partial charge in [-0.15, -0.1) is 0 Å². The number of carbonyl (C=O) groups excluding carboxylic acids is 1. The Morgan fingerprint density at radius 1 is 1.19 bits per heavy atom. The van der Waals surface area contributed by atoms with Crippen LogP contribution in [0.2, 0.25) is 0 Å². The summed E-state index contributed by atoms with van der Waals surface area (Å²) < 4.78 is 0. The molecular weight excluding hydrogens is 264 g/mol. The highest BCUT2D eigenvalue weighted by Gasteiger charge is 2.34. The van der Waals surface area contributed by atoms with Gasteiger partial charge in [-0.3, -0.25) is 4.79 Å². The lowest BCUT2D eigenvalue weighted by atomic mass is 9.90. The Labute approximate surface area is 124 Å². The summed E-state index contributed by atoms with van der Waals surface area (Å²) in [5.74, 6) is 0.212. The van der Waals surface area contributed by atoms with E-state index in [0.29, 0.717) is 0 Å². The maximum Gasteiger partial charge on any atom is 0.244 e. The van der Waals surface area contributed by atoms with Crippen molar-refractivity contribution in [2.24, 2.45) is 0 Å². The molecule has 1 heterocycles. The number of benzene rings is 2. The maximum atomic E-state index is 12.6. The van der Waals surface area contributed by atoms with E-state index in [0.717, 1.165) is 42.3 Å². The fourth-order valence-electron chi connectivity index (χ4n) is 2.91. The predicted octanol–water partition coefficient (Wildman–Crippen LogP) is 3.02. The number of piperidine rings is 1. The van der Waals surface area contributed by atoms with E-state index in [1.807, 2.05) is 31.2 Å². The van der Waals surface area contributed by atoms with E-state index in [1.165, 1.54) is 0 Å². The van der Waals surface area contributed by atoms with Gasteiger partial charge in [-0.05, 0) is 44.9 Å². The van der Waals surface area contributed by atoms with Crippen molar-refractivity contribution in [1.29, 1.82) is 0 Å². The molecule has 1 amide bonds. The van der Waals surface area contributed by atoms with E-state index in [1.54, 1.807) is 12.1 Å². The zero-order valence-corrected chi connectivity index (χ0v) is 12.1. The Balaban J connectivity index is 1.91. The Hall–Kier alpha value is -2.07. The van der Waals surface area contributed by atoms with E-state index in [9.17, 15) is 9.90 Å². The molecular formula is C17H20N2O2. The number of nitrogens with one attached hydrogen (secondary N) is 2. The summed E-state index contributed by atoms with van der Waals surface area (Å²) in [7, 11) is 0. The normalized spacial score (nSPS) is 22.1. The SMILES string of the molecule is CC1(C(=O)Nc2cccc3c(O)cccc23)CCCCN1. The second-order valence-corrected chi connectivity index (χ2v) is 5.85. The van der Waals surface area contributed by atoms with Crippen LogP contribution in [0.3, 0.4) is 0 Å². The van der Waals surface area contributed by atoms with Crippen LogP contribution in [0.4, 0.5) is 5.69 Å². The summed E-state index contributed by atoms with van der Waals surface area (Å²) >= 11 is 0. The molecule has 0 saturated carbocycles. The molecule has 3 N–H and O–H groups in total. The van der Waals surface area contributed by atoms with E-state index >= 15 is 0 Å². The number of phenolic OH excluding ortho intramolecular Hbond substituents is 1. The molecule has 2 aromatic rings. The molecule has 4 nitrogen and oxygen atoms in total. The molecule has 2 aromatic carbocycles. The highest BCUT2D eigenvalue weighted by atomic mass is 16.3. The first-order chi connectivity index (χ1) is 10.1. The minimum atomic E-state index is -0.517. The Morgan fingerprint density at radius 2 is 1.95 bits per heavy atom. The molecule has 0 spiro atoms. The van der Waals surface area contributed by atoms with Crippen LogP contribution in [0.15, 0.2) is 36.4 Å². The first-order valence-corrected chi connectivity index (χ1v) is 7.37. The monoisotopic (exact) mass is 284 g/mol. The molecule has 1 fully saturated rings. The van der Waals surface area contributed by atoms with Gasteiger partial charge in [-0.2, -0.15) is 0 Å². The molecule has 0 aliphatic carbocycles. The highest BCUT2D eigenvalue weighted by molar-refractivity contribution is 6.06. The standard InChI is InChI=1S/C17H20N2O2/c1-17(10-2-3-11-18-17)16(21)19-14-8-4-7-13-12(14)6-5-9-15(13)20/h4-9,18,20H,2-3,10-11H2,1H3,(H,19,21). The van der Waals surface area contributed by atoms with Gasteiger partial charge in [0.2, 0.25) is 5.91 Å². The quantitative estimate of drug-likeness (QED) is 0.794. The van der Waals surface area contributed by atoms with Crippen molar-refractivity contribution in [3.63, 3.8) is 0 Å². The maximum absolute atomic E-state index is 12.6. The number of rotatable bonds is 2. The van der Waals surface area contributed by atoms with Gasteiger partial charge in [0.1, 0.15) is 5.75 Å². The molecule has 0 bridgehead atoms. The van der Waals surface area contributed by atoms with Gasteiger partial charge in [0.25, 0.3) is 0 Å². The number of fused-ring (bicyclic) bond motifs is 1. The fraction of sp³-hybridized carbons (Fsp3) is 0.353. The van der Waals surface area contributed by atoms with Gasteiger partial charge in [0.15, 0.2) is 0 Å². The number of anilines is 1. The first-order valence-electron chi connectivity index (χ1n) is 7.37. The van der Waals surface area contributed by atoms with Crippen molar-refractivity contribution >= 4 is 22.4 Å².